The first-order chi connectivity index (χ1) is 23.1. The lowest BCUT2D eigenvalue weighted by atomic mass is 9.86. The number of aromatic hydroxyl groups is 2. The van der Waals surface area contributed by atoms with Crippen LogP contribution in [0.3, 0.4) is 0 Å². The number of fused-ring (bicyclic) bond motifs is 1. The van der Waals surface area contributed by atoms with Crippen molar-refractivity contribution in [2.45, 2.75) is 84.0 Å². The van der Waals surface area contributed by atoms with E-state index in [1.807, 2.05) is 54.2 Å². The van der Waals surface area contributed by atoms with E-state index >= 15 is 0 Å². The van der Waals surface area contributed by atoms with Gasteiger partial charge in [-0.2, -0.15) is 11.8 Å². The number of aryl methyl sites for hydroxylation is 1. The van der Waals surface area contributed by atoms with Gasteiger partial charge in [-0.1, -0.05) is 92.6 Å². The molecule has 0 spiro atoms. The molecule has 2 N–H and O–H groups in total. The van der Waals surface area contributed by atoms with Crippen LogP contribution >= 0.6 is 11.8 Å². The van der Waals surface area contributed by atoms with E-state index in [9.17, 15) is 10.2 Å². The fourth-order valence-electron chi connectivity index (χ4n) is 6.45. The number of phenolic OH excluding ortho intramolecular Hbond substituents is 2. The van der Waals surface area contributed by atoms with Crippen molar-refractivity contribution < 1.29 is 19.7 Å². The molecule has 0 aromatic heterocycles. The van der Waals surface area contributed by atoms with E-state index in [4.69, 9.17) is 9.47 Å². The highest BCUT2D eigenvalue weighted by Gasteiger charge is 2.26. The molecule has 0 bridgehead atoms. The maximum atomic E-state index is 10.3. The Balaban J connectivity index is 1.01. The lowest BCUT2D eigenvalue weighted by Gasteiger charge is -2.35. The van der Waals surface area contributed by atoms with Gasteiger partial charge in [0, 0.05) is 11.6 Å². The summed E-state index contributed by atoms with van der Waals surface area (Å²) in [4.78, 5) is 2.66. The molecule has 6 heteroatoms. The third-order valence-electron chi connectivity index (χ3n) is 9.07. The molecule has 0 aliphatic heterocycles. The van der Waals surface area contributed by atoms with Gasteiger partial charge in [-0.05, 0) is 110 Å². The van der Waals surface area contributed by atoms with Crippen LogP contribution in [0.1, 0.15) is 73.3 Å². The summed E-state index contributed by atoms with van der Waals surface area (Å²) in [6.45, 7) is 5.56. The summed E-state index contributed by atoms with van der Waals surface area (Å²) in [6.07, 6.45) is 10.1. The van der Waals surface area contributed by atoms with Crippen molar-refractivity contribution in [2.24, 2.45) is 0 Å². The number of thioether (sulfide) groups is 1. The van der Waals surface area contributed by atoms with Gasteiger partial charge in [0.1, 0.15) is 13.2 Å². The van der Waals surface area contributed by atoms with Crippen LogP contribution in [0.15, 0.2) is 91.0 Å². The van der Waals surface area contributed by atoms with E-state index in [0.29, 0.717) is 19.3 Å². The zero-order valence-corrected chi connectivity index (χ0v) is 28.7. The van der Waals surface area contributed by atoms with Crippen molar-refractivity contribution in [3.05, 3.63) is 119 Å². The van der Waals surface area contributed by atoms with Gasteiger partial charge in [0.15, 0.2) is 23.0 Å². The van der Waals surface area contributed by atoms with Gasteiger partial charge in [0.2, 0.25) is 0 Å². The molecule has 0 radical (unpaired) electrons. The lowest BCUT2D eigenvalue weighted by molar-refractivity contribution is 0.175. The van der Waals surface area contributed by atoms with E-state index in [2.05, 4.69) is 54.3 Å². The highest BCUT2D eigenvalue weighted by Crippen LogP contribution is 2.37. The number of ether oxygens (including phenoxy) is 2. The molecule has 5 rings (SSSR count). The SMILES string of the molecule is CCCN(CCCCCCSCCc1ccc(OCc2ccccc2)c(OCc2ccccc2)c1)[C@H]1CCc2c(ccc(O)c2O)C1. The van der Waals surface area contributed by atoms with Gasteiger partial charge < -0.3 is 24.6 Å². The van der Waals surface area contributed by atoms with Crippen molar-refractivity contribution in [1.29, 1.82) is 0 Å². The van der Waals surface area contributed by atoms with Crippen LogP contribution in [-0.2, 0) is 32.5 Å². The van der Waals surface area contributed by atoms with Gasteiger partial charge >= 0.3 is 0 Å². The van der Waals surface area contributed by atoms with E-state index < -0.39 is 0 Å². The molecule has 4 aromatic carbocycles. The number of hydrogen-bond acceptors (Lipinski definition) is 6. The zero-order valence-electron chi connectivity index (χ0n) is 27.9. The summed E-state index contributed by atoms with van der Waals surface area (Å²) >= 11 is 2.05. The Bertz CT molecular complexity index is 1500. The first kappa shape index (κ1) is 34.7. The Hall–Kier alpha value is -3.61. The predicted octanol–water partition coefficient (Wildman–Crippen LogP) is 9.36. The normalized spacial score (nSPS) is 14.2. The minimum atomic E-state index is 0.00274. The topological polar surface area (TPSA) is 62.2 Å². The Labute approximate surface area is 285 Å². The second-order valence-corrected chi connectivity index (χ2v) is 13.8. The third-order valence-corrected chi connectivity index (χ3v) is 10.1. The van der Waals surface area contributed by atoms with Gasteiger partial charge in [-0.3, -0.25) is 0 Å². The maximum Gasteiger partial charge on any atom is 0.161 e. The average Bonchev–Trinajstić information content (AvgIpc) is 3.11. The van der Waals surface area contributed by atoms with Crippen molar-refractivity contribution in [3.63, 3.8) is 0 Å². The molecule has 5 nitrogen and oxygen atoms in total. The highest BCUT2D eigenvalue weighted by atomic mass is 32.2. The second kappa shape index (κ2) is 18.7. The Kier molecular flexibility index (Phi) is 13.8. The van der Waals surface area contributed by atoms with Crippen LogP contribution in [-0.4, -0.2) is 45.8 Å². The van der Waals surface area contributed by atoms with Crippen LogP contribution < -0.4 is 9.47 Å². The first-order valence-corrected chi connectivity index (χ1v) is 18.6. The van der Waals surface area contributed by atoms with Crippen LogP contribution in [0.25, 0.3) is 0 Å². The van der Waals surface area contributed by atoms with E-state index in [1.165, 1.54) is 42.6 Å². The minimum absolute atomic E-state index is 0.00274. The molecule has 0 saturated heterocycles. The Morgan fingerprint density at radius 1 is 0.723 bits per heavy atom. The number of nitrogens with zero attached hydrogens (tertiary/aromatic N) is 1. The fourth-order valence-corrected chi connectivity index (χ4v) is 7.45. The van der Waals surface area contributed by atoms with Crippen LogP contribution in [0, 0.1) is 0 Å². The predicted molar refractivity (Wildman–Crippen MR) is 195 cm³/mol. The van der Waals surface area contributed by atoms with Gasteiger partial charge in [-0.15, -0.1) is 0 Å². The molecular weight excluding hydrogens is 603 g/mol. The molecule has 1 aliphatic carbocycles. The molecule has 0 amide bonds. The van der Waals surface area contributed by atoms with Gasteiger partial charge in [-0.25, -0.2) is 0 Å². The summed E-state index contributed by atoms with van der Waals surface area (Å²) in [5.41, 5.74) is 5.69. The molecular formula is C41H51NO4S. The zero-order chi connectivity index (χ0) is 32.7. The summed E-state index contributed by atoms with van der Waals surface area (Å²) < 4.78 is 12.5. The van der Waals surface area contributed by atoms with Crippen molar-refractivity contribution in [2.75, 3.05) is 24.6 Å². The summed E-state index contributed by atoms with van der Waals surface area (Å²) in [7, 11) is 0. The Morgan fingerprint density at radius 2 is 1.43 bits per heavy atom. The molecule has 47 heavy (non-hydrogen) atoms. The summed E-state index contributed by atoms with van der Waals surface area (Å²) in [6, 6.07) is 31.1. The Morgan fingerprint density at radius 3 is 2.15 bits per heavy atom. The monoisotopic (exact) mass is 653 g/mol. The largest absolute Gasteiger partial charge is 0.504 e. The molecule has 0 unspecified atom stereocenters. The number of rotatable bonds is 19. The molecule has 0 saturated carbocycles. The molecule has 4 aromatic rings. The number of unbranched alkanes of at least 4 members (excludes halogenated alkanes) is 3. The number of hydrogen-bond donors (Lipinski definition) is 2. The maximum absolute atomic E-state index is 10.3. The van der Waals surface area contributed by atoms with Crippen molar-refractivity contribution in [1.82, 2.24) is 4.90 Å². The molecule has 250 valence electrons. The van der Waals surface area contributed by atoms with E-state index in [-0.39, 0.29) is 11.5 Å². The van der Waals surface area contributed by atoms with Gasteiger partial charge in [0.05, 0.1) is 0 Å². The molecule has 1 aliphatic rings. The molecule has 1 atom stereocenters. The van der Waals surface area contributed by atoms with Crippen molar-refractivity contribution in [3.8, 4) is 23.0 Å². The lowest BCUT2D eigenvalue weighted by Crippen LogP contribution is -2.40. The highest BCUT2D eigenvalue weighted by molar-refractivity contribution is 7.99. The van der Waals surface area contributed by atoms with Crippen LogP contribution in [0.2, 0.25) is 0 Å². The van der Waals surface area contributed by atoms with E-state index in [1.54, 1.807) is 6.07 Å². The quantitative estimate of drug-likeness (QED) is 0.0777. The van der Waals surface area contributed by atoms with Crippen LogP contribution in [0.5, 0.6) is 23.0 Å². The van der Waals surface area contributed by atoms with Crippen LogP contribution in [0.4, 0.5) is 0 Å². The smallest absolute Gasteiger partial charge is 0.161 e. The molecule has 0 heterocycles. The van der Waals surface area contributed by atoms with E-state index in [0.717, 1.165) is 79.1 Å². The van der Waals surface area contributed by atoms with Crippen molar-refractivity contribution >= 4 is 11.8 Å². The fraction of sp³-hybridized carbons (Fsp3) is 0.415. The number of benzene rings is 4. The minimum Gasteiger partial charge on any atom is -0.504 e. The first-order valence-electron chi connectivity index (χ1n) is 17.4. The average molecular weight is 654 g/mol. The van der Waals surface area contributed by atoms with Gasteiger partial charge in [0.25, 0.3) is 0 Å². The third kappa shape index (κ3) is 10.7. The number of phenols is 2. The summed E-state index contributed by atoms with van der Waals surface area (Å²) in [5.74, 6) is 3.97. The summed E-state index contributed by atoms with van der Waals surface area (Å²) in [5, 5.41) is 20.1. The second-order valence-electron chi connectivity index (χ2n) is 12.6. The standard InChI is InChI=1S/C41H51NO4S/c1-2-24-42(36-19-20-37-35(29-36)18-21-38(43)41(37)44)25-11-3-4-12-26-47-27-23-32-17-22-39(45-30-33-13-7-5-8-14-33)40(28-32)46-31-34-15-9-6-10-16-34/h5-10,13-18,21-22,28,36,43-44H,2-4,11-12,19-20,23-27,29-31H2,1H3/t36-/m0/s1. The molecule has 0 fully saturated rings.